The number of amides is 1. The van der Waals surface area contributed by atoms with Crippen LogP contribution in [0.5, 0.6) is 17.2 Å². The lowest BCUT2D eigenvalue weighted by atomic mass is 9.89. The van der Waals surface area contributed by atoms with Crippen LogP contribution in [0.4, 0.5) is 0 Å². The molecule has 1 amide bonds. The first-order chi connectivity index (χ1) is 14.7. The number of carbonyl (C=O) groups is 1. The Morgan fingerprint density at radius 2 is 1.71 bits per heavy atom. The number of piperazine rings is 1. The summed E-state index contributed by atoms with van der Waals surface area (Å²) >= 11 is 0. The first kappa shape index (κ1) is 24.8. The second-order valence-corrected chi connectivity index (χ2v) is 8.76. The number of rotatable bonds is 9. The maximum Gasteiger partial charge on any atom is 0.279 e. The van der Waals surface area contributed by atoms with Crippen LogP contribution in [0.2, 0.25) is 0 Å². The van der Waals surface area contributed by atoms with Gasteiger partial charge in [0.15, 0.2) is 17.5 Å². The zero-order valence-electron chi connectivity index (χ0n) is 19.9. The summed E-state index contributed by atoms with van der Waals surface area (Å²) in [6.07, 6.45) is 0. The number of benzene rings is 1. The van der Waals surface area contributed by atoms with Crippen LogP contribution in [0, 0.1) is 17.2 Å². The molecule has 0 radical (unpaired) electrons. The molecule has 8 nitrogen and oxygen atoms in total. The van der Waals surface area contributed by atoms with Gasteiger partial charge in [0.1, 0.15) is 38.3 Å². The van der Waals surface area contributed by atoms with Gasteiger partial charge in [0.2, 0.25) is 5.75 Å². The molecule has 1 aromatic carbocycles. The van der Waals surface area contributed by atoms with Gasteiger partial charge in [-0.2, -0.15) is 5.26 Å². The van der Waals surface area contributed by atoms with Gasteiger partial charge in [-0.25, -0.2) is 0 Å². The normalized spacial score (nSPS) is 21.5. The molecule has 1 aliphatic heterocycles. The Morgan fingerprint density at radius 1 is 1.10 bits per heavy atom. The quantitative estimate of drug-likeness (QED) is 0.485. The molecule has 0 aliphatic carbocycles. The van der Waals surface area contributed by atoms with E-state index in [1.807, 2.05) is 32.9 Å². The topological polar surface area (TPSA) is 89.5 Å². The third kappa shape index (κ3) is 5.60. The summed E-state index contributed by atoms with van der Waals surface area (Å²) in [5, 5.41) is 12.4. The van der Waals surface area contributed by atoms with Crippen molar-refractivity contribution in [3.8, 4) is 23.3 Å². The number of nitrogens with zero attached hydrogens (tertiary/aromatic N) is 1. The van der Waals surface area contributed by atoms with Crippen LogP contribution in [0.3, 0.4) is 0 Å². The number of hydrogen-bond acceptors (Lipinski definition) is 5. The van der Waals surface area contributed by atoms with Crippen LogP contribution >= 0.6 is 0 Å². The molecule has 172 valence electrons. The van der Waals surface area contributed by atoms with E-state index in [4.69, 9.17) is 14.2 Å². The first-order valence-corrected chi connectivity index (χ1v) is 10.9. The molecule has 3 N–H and O–H groups in total. The number of ether oxygens (including phenoxy) is 3. The molecule has 8 heteroatoms. The number of nitrogens with one attached hydrogen (secondary N) is 3. The zero-order valence-corrected chi connectivity index (χ0v) is 19.9. The van der Waals surface area contributed by atoms with E-state index < -0.39 is 5.54 Å². The fourth-order valence-electron chi connectivity index (χ4n) is 3.96. The highest BCUT2D eigenvalue weighted by Crippen LogP contribution is 2.39. The summed E-state index contributed by atoms with van der Waals surface area (Å²) in [5.74, 6) is 1.96. The Hall–Kier alpha value is -2.50. The molecule has 0 saturated carbocycles. The van der Waals surface area contributed by atoms with Gasteiger partial charge >= 0.3 is 0 Å². The van der Waals surface area contributed by atoms with Crippen molar-refractivity contribution in [3.63, 3.8) is 0 Å². The van der Waals surface area contributed by atoms with E-state index in [9.17, 15) is 10.1 Å². The van der Waals surface area contributed by atoms with Gasteiger partial charge in [-0.1, -0.05) is 13.8 Å². The largest absolute Gasteiger partial charge is 0.493 e. The Morgan fingerprint density at radius 3 is 2.19 bits per heavy atom. The van der Waals surface area contributed by atoms with E-state index >= 15 is 0 Å². The molecule has 2 rings (SSSR count). The van der Waals surface area contributed by atoms with Crippen molar-refractivity contribution in [1.82, 2.24) is 5.32 Å². The molecule has 31 heavy (non-hydrogen) atoms. The predicted octanol–water partition coefficient (Wildman–Crippen LogP) is -0.561. The number of methoxy groups -OCH3 is 3. The molecule has 0 bridgehead atoms. The van der Waals surface area contributed by atoms with Crippen molar-refractivity contribution in [1.29, 1.82) is 5.26 Å². The second-order valence-electron chi connectivity index (χ2n) is 8.76. The highest BCUT2D eigenvalue weighted by Gasteiger charge is 2.36. The molecule has 0 unspecified atom stereocenters. The van der Waals surface area contributed by atoms with Crippen LogP contribution in [0.15, 0.2) is 12.1 Å². The molecule has 1 heterocycles. The van der Waals surface area contributed by atoms with Crippen molar-refractivity contribution in [3.05, 3.63) is 17.7 Å². The van der Waals surface area contributed by atoms with E-state index in [-0.39, 0.29) is 17.9 Å². The summed E-state index contributed by atoms with van der Waals surface area (Å²) in [6, 6.07) is 5.99. The number of carbonyl (C=O) groups excluding carboxylic acids is 1. The van der Waals surface area contributed by atoms with Crippen molar-refractivity contribution in [2.24, 2.45) is 5.92 Å². The molecule has 2 atom stereocenters. The summed E-state index contributed by atoms with van der Waals surface area (Å²) in [7, 11) is 4.87. The lowest BCUT2D eigenvalue weighted by molar-refractivity contribution is -1.02. The summed E-state index contributed by atoms with van der Waals surface area (Å²) in [6.45, 7) is 12.1. The third-order valence-electron chi connectivity index (χ3n) is 6.60. The van der Waals surface area contributed by atoms with Crippen molar-refractivity contribution < 1.29 is 28.8 Å². The number of nitriles is 1. The Kier molecular flexibility index (Phi) is 8.54. The van der Waals surface area contributed by atoms with E-state index in [1.54, 1.807) is 28.3 Å². The molecule has 1 fully saturated rings. The smallest absolute Gasteiger partial charge is 0.279 e. The van der Waals surface area contributed by atoms with Crippen LogP contribution < -0.4 is 29.3 Å². The lowest BCUT2D eigenvalue weighted by Gasteiger charge is -2.34. The fourth-order valence-corrected chi connectivity index (χ4v) is 3.96. The molecule has 1 aliphatic rings. The molecule has 0 aromatic heterocycles. The fraction of sp³-hybridized carbons (Fsp3) is 0.652. The Balaban J connectivity index is 1.99. The van der Waals surface area contributed by atoms with Crippen LogP contribution in [0.1, 0.15) is 33.3 Å². The molecule has 1 saturated heterocycles. The molecule has 0 spiro atoms. The SMILES string of the molecule is COc1ccc(C[NH+]2CC[NH+]([C@H](C)C(=O)N[C@@](C)(C#N)C(C)C)CC2)c(OC)c1OC. The summed E-state index contributed by atoms with van der Waals surface area (Å²) in [5.41, 5.74) is 0.230. The average Bonchev–Trinajstić information content (AvgIpc) is 2.78. The van der Waals surface area contributed by atoms with Gasteiger partial charge in [0.25, 0.3) is 5.91 Å². The maximum absolute atomic E-state index is 12.8. The van der Waals surface area contributed by atoms with E-state index in [1.165, 1.54) is 9.80 Å². The molecular formula is C23H38N4O4+2. The minimum atomic E-state index is -0.845. The second kappa shape index (κ2) is 10.7. The highest BCUT2D eigenvalue weighted by atomic mass is 16.5. The van der Waals surface area contributed by atoms with Gasteiger partial charge in [-0.15, -0.1) is 0 Å². The monoisotopic (exact) mass is 434 g/mol. The summed E-state index contributed by atoms with van der Waals surface area (Å²) < 4.78 is 16.5. The minimum Gasteiger partial charge on any atom is -0.493 e. The number of quaternary nitrogens is 2. The van der Waals surface area contributed by atoms with E-state index in [2.05, 4.69) is 11.4 Å². The molecular weight excluding hydrogens is 396 g/mol. The Bertz CT molecular complexity index is 800. The van der Waals surface area contributed by atoms with Gasteiger partial charge in [-0.05, 0) is 31.9 Å². The zero-order chi connectivity index (χ0) is 23.2. The predicted molar refractivity (Wildman–Crippen MR) is 118 cm³/mol. The van der Waals surface area contributed by atoms with Gasteiger partial charge in [0.05, 0.1) is 33.0 Å². The van der Waals surface area contributed by atoms with E-state index in [0.717, 1.165) is 38.3 Å². The number of hydrogen-bond donors (Lipinski definition) is 3. The highest BCUT2D eigenvalue weighted by molar-refractivity contribution is 5.81. The van der Waals surface area contributed by atoms with Crippen LogP contribution in [-0.4, -0.2) is 65.0 Å². The van der Waals surface area contributed by atoms with Crippen molar-refractivity contribution >= 4 is 5.91 Å². The minimum absolute atomic E-state index is 0.0430. The average molecular weight is 435 g/mol. The van der Waals surface area contributed by atoms with Crippen molar-refractivity contribution in [2.75, 3.05) is 47.5 Å². The lowest BCUT2D eigenvalue weighted by Crippen LogP contribution is -3.29. The Labute approximate surface area is 186 Å². The van der Waals surface area contributed by atoms with Gasteiger partial charge < -0.3 is 29.3 Å². The van der Waals surface area contributed by atoms with Crippen LogP contribution in [0.25, 0.3) is 0 Å². The molecule has 1 aromatic rings. The van der Waals surface area contributed by atoms with Crippen molar-refractivity contribution in [2.45, 2.75) is 45.8 Å². The van der Waals surface area contributed by atoms with Gasteiger partial charge in [0, 0.05) is 0 Å². The first-order valence-electron chi connectivity index (χ1n) is 10.9. The maximum atomic E-state index is 12.8. The van der Waals surface area contributed by atoms with Crippen LogP contribution in [-0.2, 0) is 11.3 Å². The standard InChI is InChI=1S/C23H36N4O4/c1-16(2)23(4,15-24)25-22(28)17(3)27-12-10-26(11-13-27)14-18-8-9-19(29-5)21(31-7)20(18)30-6/h8-9,16-17H,10-14H2,1-7H3,(H,25,28)/p+2/t17-,23+/m1/s1. The summed E-state index contributed by atoms with van der Waals surface area (Å²) in [4.78, 5) is 15.5. The third-order valence-corrected chi connectivity index (χ3v) is 6.60. The van der Waals surface area contributed by atoms with Gasteiger partial charge in [-0.3, -0.25) is 4.79 Å². The van der Waals surface area contributed by atoms with E-state index in [0.29, 0.717) is 17.2 Å².